The standard InChI is InChI=1S/C14H25N3O2/c1-2-15-9-11-5-7-17(8-6-11)14(19)12-3-4-13(18)16-10-12/h11-12,15H,2-10H2,1H3,(H,16,18). The maximum absolute atomic E-state index is 12.3. The van der Waals surface area contributed by atoms with Crippen LogP contribution in [0.4, 0.5) is 0 Å². The van der Waals surface area contributed by atoms with E-state index >= 15 is 0 Å². The van der Waals surface area contributed by atoms with Crippen molar-refractivity contribution < 1.29 is 9.59 Å². The number of hydrogen-bond acceptors (Lipinski definition) is 3. The Balaban J connectivity index is 1.74. The van der Waals surface area contributed by atoms with Gasteiger partial charge in [-0.25, -0.2) is 0 Å². The van der Waals surface area contributed by atoms with Crippen molar-refractivity contribution in [3.63, 3.8) is 0 Å². The molecule has 2 saturated heterocycles. The van der Waals surface area contributed by atoms with E-state index in [9.17, 15) is 9.59 Å². The van der Waals surface area contributed by atoms with E-state index in [4.69, 9.17) is 0 Å². The van der Waals surface area contributed by atoms with Crippen LogP contribution in [0.3, 0.4) is 0 Å². The first kappa shape index (κ1) is 14.3. The number of rotatable bonds is 4. The average molecular weight is 267 g/mol. The summed E-state index contributed by atoms with van der Waals surface area (Å²) in [5.41, 5.74) is 0. The third-order valence-electron chi connectivity index (χ3n) is 4.22. The van der Waals surface area contributed by atoms with E-state index in [0.717, 1.165) is 39.0 Å². The van der Waals surface area contributed by atoms with Gasteiger partial charge in [0.15, 0.2) is 0 Å². The summed E-state index contributed by atoms with van der Waals surface area (Å²) in [6.07, 6.45) is 3.39. The zero-order valence-corrected chi connectivity index (χ0v) is 11.8. The van der Waals surface area contributed by atoms with Crippen molar-refractivity contribution in [2.45, 2.75) is 32.6 Å². The van der Waals surface area contributed by atoms with Crippen molar-refractivity contribution in [1.82, 2.24) is 15.5 Å². The molecule has 0 saturated carbocycles. The number of hydrogen-bond donors (Lipinski definition) is 2. The normalized spacial score (nSPS) is 25.2. The molecule has 5 heteroatoms. The number of likely N-dealkylation sites (tertiary alicyclic amines) is 1. The second kappa shape index (κ2) is 6.89. The molecule has 0 aromatic heterocycles. The van der Waals surface area contributed by atoms with Gasteiger partial charge in [-0.15, -0.1) is 0 Å². The summed E-state index contributed by atoms with van der Waals surface area (Å²) in [6, 6.07) is 0. The van der Waals surface area contributed by atoms with Gasteiger partial charge in [0.1, 0.15) is 0 Å². The van der Waals surface area contributed by atoms with Gasteiger partial charge in [0.05, 0.1) is 5.92 Å². The largest absolute Gasteiger partial charge is 0.355 e. The maximum atomic E-state index is 12.3. The first-order chi connectivity index (χ1) is 9.20. The highest BCUT2D eigenvalue weighted by Crippen LogP contribution is 2.20. The lowest BCUT2D eigenvalue weighted by molar-refractivity contribution is -0.138. The predicted octanol–water partition coefficient (Wildman–Crippen LogP) is 0.361. The zero-order chi connectivity index (χ0) is 13.7. The Morgan fingerprint density at radius 2 is 2.11 bits per heavy atom. The minimum atomic E-state index is 0.00279. The SMILES string of the molecule is CCNCC1CCN(C(=O)C2CCC(=O)NC2)CC1. The monoisotopic (exact) mass is 267 g/mol. The van der Waals surface area contributed by atoms with Crippen LogP contribution in [-0.4, -0.2) is 49.4 Å². The van der Waals surface area contributed by atoms with Gasteiger partial charge in [0.2, 0.25) is 11.8 Å². The topological polar surface area (TPSA) is 61.4 Å². The summed E-state index contributed by atoms with van der Waals surface area (Å²) in [6.45, 7) is 6.47. The molecule has 5 nitrogen and oxygen atoms in total. The Morgan fingerprint density at radius 3 is 2.68 bits per heavy atom. The number of piperidine rings is 2. The summed E-state index contributed by atoms with van der Waals surface area (Å²) >= 11 is 0. The fourth-order valence-electron chi connectivity index (χ4n) is 2.91. The number of carbonyl (C=O) groups excluding carboxylic acids is 2. The average Bonchev–Trinajstić information content (AvgIpc) is 2.46. The molecule has 108 valence electrons. The van der Waals surface area contributed by atoms with E-state index in [1.54, 1.807) is 0 Å². The highest BCUT2D eigenvalue weighted by atomic mass is 16.2. The molecule has 0 aliphatic carbocycles. The van der Waals surface area contributed by atoms with Crippen LogP contribution >= 0.6 is 0 Å². The van der Waals surface area contributed by atoms with Crippen molar-refractivity contribution in [2.75, 3.05) is 32.7 Å². The molecule has 2 aliphatic heterocycles. The minimum Gasteiger partial charge on any atom is -0.355 e. The maximum Gasteiger partial charge on any atom is 0.227 e. The van der Waals surface area contributed by atoms with Crippen LogP contribution < -0.4 is 10.6 Å². The fourth-order valence-corrected chi connectivity index (χ4v) is 2.91. The van der Waals surface area contributed by atoms with Gasteiger partial charge in [0.25, 0.3) is 0 Å². The van der Waals surface area contributed by atoms with E-state index in [2.05, 4.69) is 17.6 Å². The minimum absolute atomic E-state index is 0.00279. The molecule has 0 radical (unpaired) electrons. The van der Waals surface area contributed by atoms with Crippen LogP contribution in [0.5, 0.6) is 0 Å². The van der Waals surface area contributed by atoms with E-state index < -0.39 is 0 Å². The molecule has 0 bridgehead atoms. The third kappa shape index (κ3) is 3.93. The van der Waals surface area contributed by atoms with Crippen molar-refractivity contribution in [3.8, 4) is 0 Å². The van der Waals surface area contributed by atoms with Gasteiger partial charge in [-0.05, 0) is 38.3 Å². The van der Waals surface area contributed by atoms with E-state index in [1.807, 2.05) is 4.90 Å². The van der Waals surface area contributed by atoms with Crippen LogP contribution in [-0.2, 0) is 9.59 Å². The molecular formula is C14H25N3O2. The van der Waals surface area contributed by atoms with Crippen LogP contribution in [0.2, 0.25) is 0 Å². The van der Waals surface area contributed by atoms with Crippen LogP contribution in [0.15, 0.2) is 0 Å². The second-order valence-corrected chi connectivity index (χ2v) is 5.62. The molecule has 1 unspecified atom stereocenters. The highest BCUT2D eigenvalue weighted by molar-refractivity contribution is 5.83. The van der Waals surface area contributed by atoms with Gasteiger partial charge in [0, 0.05) is 26.1 Å². The predicted molar refractivity (Wildman–Crippen MR) is 73.6 cm³/mol. The lowest BCUT2D eigenvalue weighted by Crippen LogP contribution is -2.48. The van der Waals surface area contributed by atoms with E-state index in [1.165, 1.54) is 0 Å². The highest BCUT2D eigenvalue weighted by Gasteiger charge is 2.30. The molecule has 0 spiro atoms. The fraction of sp³-hybridized carbons (Fsp3) is 0.857. The summed E-state index contributed by atoms with van der Waals surface area (Å²) < 4.78 is 0. The molecule has 19 heavy (non-hydrogen) atoms. The number of carbonyl (C=O) groups is 2. The molecule has 2 heterocycles. The Bertz CT molecular complexity index is 315. The molecule has 0 aromatic carbocycles. The molecule has 2 amide bonds. The van der Waals surface area contributed by atoms with Crippen LogP contribution in [0, 0.1) is 11.8 Å². The van der Waals surface area contributed by atoms with Crippen molar-refractivity contribution in [3.05, 3.63) is 0 Å². The second-order valence-electron chi connectivity index (χ2n) is 5.62. The first-order valence-corrected chi connectivity index (χ1v) is 7.47. The molecule has 2 aliphatic rings. The number of nitrogens with zero attached hydrogens (tertiary/aromatic N) is 1. The molecule has 2 N–H and O–H groups in total. The number of amides is 2. The Kier molecular flexibility index (Phi) is 5.19. The molecule has 0 aromatic rings. The first-order valence-electron chi connectivity index (χ1n) is 7.47. The third-order valence-corrected chi connectivity index (χ3v) is 4.22. The Labute approximate surface area is 115 Å². The van der Waals surface area contributed by atoms with E-state index in [0.29, 0.717) is 25.3 Å². The van der Waals surface area contributed by atoms with Gasteiger partial charge in [-0.2, -0.15) is 0 Å². The summed E-state index contributed by atoms with van der Waals surface area (Å²) in [4.78, 5) is 25.4. The molecule has 2 fully saturated rings. The molecule has 1 atom stereocenters. The van der Waals surface area contributed by atoms with E-state index in [-0.39, 0.29) is 17.7 Å². The number of nitrogens with one attached hydrogen (secondary N) is 2. The zero-order valence-electron chi connectivity index (χ0n) is 11.8. The molecular weight excluding hydrogens is 242 g/mol. The smallest absolute Gasteiger partial charge is 0.227 e. The summed E-state index contributed by atoms with van der Waals surface area (Å²) in [5, 5.41) is 6.17. The van der Waals surface area contributed by atoms with Gasteiger partial charge in [-0.3, -0.25) is 9.59 Å². The van der Waals surface area contributed by atoms with Crippen molar-refractivity contribution in [1.29, 1.82) is 0 Å². The van der Waals surface area contributed by atoms with Gasteiger partial charge in [-0.1, -0.05) is 6.92 Å². The Hall–Kier alpha value is -1.10. The van der Waals surface area contributed by atoms with Crippen LogP contribution in [0.25, 0.3) is 0 Å². The van der Waals surface area contributed by atoms with Crippen molar-refractivity contribution >= 4 is 11.8 Å². The summed E-state index contributed by atoms with van der Waals surface area (Å²) in [7, 11) is 0. The molecule has 2 rings (SSSR count). The quantitative estimate of drug-likeness (QED) is 0.773. The van der Waals surface area contributed by atoms with Gasteiger partial charge < -0.3 is 15.5 Å². The lowest BCUT2D eigenvalue weighted by atomic mass is 9.93. The lowest BCUT2D eigenvalue weighted by Gasteiger charge is -2.35. The van der Waals surface area contributed by atoms with Gasteiger partial charge >= 0.3 is 0 Å². The van der Waals surface area contributed by atoms with Crippen molar-refractivity contribution in [2.24, 2.45) is 11.8 Å². The Morgan fingerprint density at radius 1 is 1.37 bits per heavy atom. The summed E-state index contributed by atoms with van der Waals surface area (Å²) in [5.74, 6) is 1.02. The van der Waals surface area contributed by atoms with Crippen LogP contribution in [0.1, 0.15) is 32.6 Å².